The number of hydrogen-bond acceptors (Lipinski definition) is 4. The van der Waals surface area contributed by atoms with Crippen LogP contribution in [0.2, 0.25) is 0 Å². The first kappa shape index (κ1) is 12.9. The lowest BCUT2D eigenvalue weighted by Crippen LogP contribution is -2.16. The van der Waals surface area contributed by atoms with Crippen LogP contribution in [0.1, 0.15) is 13.8 Å². The Kier molecular flexibility index (Phi) is 3.34. The largest absolute Gasteiger partial charge is 0.573 e. The van der Waals surface area contributed by atoms with Gasteiger partial charge in [-0.1, -0.05) is 11.3 Å². The molecular weight excluding hydrogens is 265 g/mol. The van der Waals surface area contributed by atoms with Crippen LogP contribution < -0.4 is 10.1 Å². The Morgan fingerprint density at radius 2 is 2.06 bits per heavy atom. The zero-order valence-electron chi connectivity index (χ0n) is 9.71. The third-order valence-electron chi connectivity index (χ3n) is 2.01. The summed E-state index contributed by atoms with van der Waals surface area (Å²) in [5.41, 5.74) is 0.651. The van der Waals surface area contributed by atoms with Gasteiger partial charge < -0.3 is 10.1 Å². The minimum absolute atomic E-state index is 0.219. The van der Waals surface area contributed by atoms with Crippen molar-refractivity contribution in [1.82, 2.24) is 4.98 Å². The summed E-state index contributed by atoms with van der Waals surface area (Å²) in [6.07, 6.45) is -4.67. The molecule has 1 aromatic carbocycles. The Balaban J connectivity index is 2.28. The molecule has 0 radical (unpaired) electrons. The van der Waals surface area contributed by atoms with E-state index in [4.69, 9.17) is 0 Å². The van der Waals surface area contributed by atoms with Crippen LogP contribution in [0.4, 0.5) is 18.3 Å². The number of nitrogens with one attached hydrogen (secondary N) is 1. The summed E-state index contributed by atoms with van der Waals surface area (Å²) < 4.78 is 40.7. The number of rotatable bonds is 3. The van der Waals surface area contributed by atoms with Crippen molar-refractivity contribution in [3.05, 3.63) is 18.2 Å². The molecule has 0 atom stereocenters. The number of alkyl halides is 3. The van der Waals surface area contributed by atoms with Gasteiger partial charge in [0.05, 0.1) is 10.2 Å². The molecule has 0 amide bonds. The fourth-order valence-electron chi connectivity index (χ4n) is 1.41. The summed E-state index contributed by atoms with van der Waals surface area (Å²) in [6.45, 7) is 3.93. The predicted octanol–water partition coefficient (Wildman–Crippen LogP) is 4.02. The first-order valence-corrected chi connectivity index (χ1v) is 6.08. The van der Waals surface area contributed by atoms with Crippen LogP contribution >= 0.6 is 11.3 Å². The lowest BCUT2D eigenvalue weighted by molar-refractivity contribution is -0.274. The smallest absolute Gasteiger partial charge is 0.406 e. The Hall–Kier alpha value is -1.50. The van der Waals surface area contributed by atoms with Gasteiger partial charge in [0.15, 0.2) is 5.13 Å². The van der Waals surface area contributed by atoms with E-state index in [0.717, 1.165) is 0 Å². The van der Waals surface area contributed by atoms with Crippen LogP contribution in [0, 0.1) is 0 Å². The molecule has 0 fully saturated rings. The highest BCUT2D eigenvalue weighted by Gasteiger charge is 2.31. The van der Waals surface area contributed by atoms with Crippen molar-refractivity contribution in [3.63, 3.8) is 0 Å². The lowest BCUT2D eigenvalue weighted by Gasteiger charge is -2.07. The summed E-state index contributed by atoms with van der Waals surface area (Å²) in [6, 6.07) is 4.33. The van der Waals surface area contributed by atoms with Gasteiger partial charge in [0, 0.05) is 12.1 Å². The van der Waals surface area contributed by atoms with Gasteiger partial charge in [0.2, 0.25) is 0 Å². The van der Waals surface area contributed by atoms with Crippen molar-refractivity contribution in [2.24, 2.45) is 0 Å². The predicted molar refractivity (Wildman–Crippen MR) is 65.1 cm³/mol. The van der Waals surface area contributed by atoms with E-state index >= 15 is 0 Å². The maximum Gasteiger partial charge on any atom is 0.573 e. The van der Waals surface area contributed by atoms with Crippen molar-refractivity contribution in [2.45, 2.75) is 26.3 Å². The van der Waals surface area contributed by atoms with E-state index in [1.807, 2.05) is 13.8 Å². The minimum atomic E-state index is -4.67. The van der Waals surface area contributed by atoms with Crippen LogP contribution in [-0.4, -0.2) is 17.4 Å². The maximum absolute atomic E-state index is 12.1. The molecule has 0 saturated heterocycles. The van der Waals surface area contributed by atoms with Gasteiger partial charge in [0.25, 0.3) is 0 Å². The number of aromatic nitrogens is 1. The fourth-order valence-corrected chi connectivity index (χ4v) is 2.45. The highest BCUT2D eigenvalue weighted by Crippen LogP contribution is 2.31. The lowest BCUT2D eigenvalue weighted by atomic mass is 10.3. The van der Waals surface area contributed by atoms with Crippen molar-refractivity contribution in [2.75, 3.05) is 5.32 Å². The summed E-state index contributed by atoms with van der Waals surface area (Å²) in [4.78, 5) is 4.26. The quantitative estimate of drug-likeness (QED) is 0.919. The Labute approximate surface area is 106 Å². The van der Waals surface area contributed by atoms with E-state index in [1.54, 1.807) is 0 Å². The minimum Gasteiger partial charge on any atom is -0.406 e. The molecule has 2 aromatic rings. The van der Waals surface area contributed by atoms with Gasteiger partial charge in [-0.15, -0.1) is 13.2 Å². The number of hydrogen-bond donors (Lipinski definition) is 1. The molecule has 0 saturated carbocycles. The van der Waals surface area contributed by atoms with Gasteiger partial charge in [-0.05, 0) is 26.0 Å². The summed E-state index contributed by atoms with van der Waals surface area (Å²) in [7, 11) is 0. The molecule has 0 aliphatic heterocycles. The zero-order valence-corrected chi connectivity index (χ0v) is 10.5. The molecule has 1 heterocycles. The number of fused-ring (bicyclic) bond motifs is 1. The van der Waals surface area contributed by atoms with E-state index in [0.29, 0.717) is 15.3 Å². The molecule has 1 N–H and O–H groups in total. The molecule has 18 heavy (non-hydrogen) atoms. The first-order valence-electron chi connectivity index (χ1n) is 5.26. The molecule has 0 aliphatic carbocycles. The number of ether oxygens (including phenoxy) is 1. The molecule has 7 heteroatoms. The van der Waals surface area contributed by atoms with Gasteiger partial charge >= 0.3 is 6.36 Å². The Morgan fingerprint density at radius 1 is 1.33 bits per heavy atom. The molecule has 0 unspecified atom stereocenters. The topological polar surface area (TPSA) is 34.2 Å². The van der Waals surface area contributed by atoms with Gasteiger partial charge in [0.1, 0.15) is 5.75 Å². The van der Waals surface area contributed by atoms with E-state index in [2.05, 4.69) is 15.0 Å². The van der Waals surface area contributed by atoms with Crippen molar-refractivity contribution < 1.29 is 17.9 Å². The molecule has 3 nitrogen and oxygen atoms in total. The Bertz CT molecular complexity index is 551. The molecule has 2 rings (SSSR count). The number of nitrogens with zero attached hydrogens (tertiary/aromatic N) is 1. The van der Waals surface area contributed by atoms with Crippen LogP contribution in [0.25, 0.3) is 10.2 Å². The highest BCUT2D eigenvalue weighted by molar-refractivity contribution is 7.22. The fraction of sp³-hybridized carbons (Fsp3) is 0.364. The molecule has 98 valence electrons. The number of thiazole rings is 1. The average molecular weight is 276 g/mol. The second kappa shape index (κ2) is 4.64. The molecule has 0 spiro atoms. The van der Waals surface area contributed by atoms with E-state index in [1.165, 1.54) is 29.5 Å². The van der Waals surface area contributed by atoms with Crippen molar-refractivity contribution in [3.8, 4) is 5.75 Å². The zero-order chi connectivity index (χ0) is 13.3. The number of anilines is 1. The summed E-state index contributed by atoms with van der Waals surface area (Å²) in [5.74, 6) is -0.227. The van der Waals surface area contributed by atoms with Crippen LogP contribution in [0.3, 0.4) is 0 Å². The van der Waals surface area contributed by atoms with Gasteiger partial charge in [-0.2, -0.15) is 0 Å². The third-order valence-corrected chi connectivity index (χ3v) is 2.96. The number of halogens is 3. The van der Waals surface area contributed by atoms with Crippen LogP contribution in [0.5, 0.6) is 5.75 Å². The van der Waals surface area contributed by atoms with Gasteiger partial charge in [-0.25, -0.2) is 4.98 Å². The van der Waals surface area contributed by atoms with E-state index in [-0.39, 0.29) is 11.8 Å². The Morgan fingerprint density at radius 3 is 2.67 bits per heavy atom. The normalized spacial score (nSPS) is 12.1. The number of benzene rings is 1. The second-order valence-corrected chi connectivity index (χ2v) is 5.03. The molecule has 1 aromatic heterocycles. The van der Waals surface area contributed by atoms with Crippen molar-refractivity contribution >= 4 is 26.7 Å². The molecule has 0 aliphatic rings. The highest BCUT2D eigenvalue weighted by atomic mass is 32.1. The standard InChI is InChI=1S/C11H11F3N2OS/c1-6(2)15-10-16-8-4-3-7(5-9(8)18-10)17-11(12,13)14/h3-6H,1-2H3,(H,15,16). The van der Waals surface area contributed by atoms with E-state index < -0.39 is 6.36 Å². The van der Waals surface area contributed by atoms with E-state index in [9.17, 15) is 13.2 Å². The molecular formula is C11H11F3N2OS. The maximum atomic E-state index is 12.1. The second-order valence-electron chi connectivity index (χ2n) is 4.00. The SMILES string of the molecule is CC(C)Nc1nc2ccc(OC(F)(F)F)cc2s1. The van der Waals surface area contributed by atoms with Crippen LogP contribution in [0.15, 0.2) is 18.2 Å². The first-order chi connectivity index (χ1) is 8.33. The average Bonchev–Trinajstić information content (AvgIpc) is 2.55. The molecule has 0 bridgehead atoms. The van der Waals surface area contributed by atoms with Gasteiger partial charge in [-0.3, -0.25) is 0 Å². The van der Waals surface area contributed by atoms with Crippen LogP contribution in [-0.2, 0) is 0 Å². The third kappa shape index (κ3) is 3.25. The summed E-state index contributed by atoms with van der Waals surface area (Å²) >= 11 is 1.30. The summed E-state index contributed by atoms with van der Waals surface area (Å²) in [5, 5.41) is 3.79. The monoisotopic (exact) mass is 276 g/mol. The van der Waals surface area contributed by atoms with Crippen molar-refractivity contribution in [1.29, 1.82) is 0 Å².